The third-order valence-electron chi connectivity index (χ3n) is 5.74. The number of pyridine rings is 2. The average Bonchev–Trinajstić information content (AvgIpc) is 3.30. The summed E-state index contributed by atoms with van der Waals surface area (Å²) in [4.78, 5) is 23.2. The van der Waals surface area contributed by atoms with E-state index in [-0.39, 0.29) is 12.0 Å². The summed E-state index contributed by atoms with van der Waals surface area (Å²) >= 11 is 0. The van der Waals surface area contributed by atoms with Crippen molar-refractivity contribution in [1.82, 2.24) is 24.5 Å². The lowest BCUT2D eigenvalue weighted by molar-refractivity contribution is 0.0536. The van der Waals surface area contributed by atoms with Crippen LogP contribution in [0.3, 0.4) is 0 Å². The van der Waals surface area contributed by atoms with Crippen molar-refractivity contribution in [3.05, 3.63) is 42.0 Å². The molecule has 4 heterocycles. The summed E-state index contributed by atoms with van der Waals surface area (Å²) < 4.78 is 13.0. The summed E-state index contributed by atoms with van der Waals surface area (Å²) in [6, 6.07) is 7.52. The number of fused-ring (bicyclic) bond motifs is 1. The monoisotopic (exact) mass is 418 g/mol. The van der Waals surface area contributed by atoms with Crippen LogP contribution >= 0.6 is 0 Å². The Labute approximate surface area is 179 Å². The average molecular weight is 418 g/mol. The molecule has 3 aromatic heterocycles. The lowest BCUT2D eigenvalue weighted by atomic mass is 10.1. The molecule has 0 spiro atoms. The molecule has 1 aliphatic heterocycles. The summed E-state index contributed by atoms with van der Waals surface area (Å²) in [5.74, 6) is 1.25. The van der Waals surface area contributed by atoms with Gasteiger partial charge in [0, 0.05) is 37.0 Å². The summed E-state index contributed by atoms with van der Waals surface area (Å²) in [6.07, 6.45) is 6.36. The fourth-order valence-corrected chi connectivity index (χ4v) is 3.94. The molecule has 0 N–H and O–H groups in total. The molecule has 9 nitrogen and oxygen atoms in total. The number of methoxy groups -OCH3 is 1. The van der Waals surface area contributed by atoms with Crippen molar-refractivity contribution in [3.8, 4) is 23.1 Å². The molecule has 1 saturated heterocycles. The molecular formula is C22H22N6O3. The van der Waals surface area contributed by atoms with Gasteiger partial charge in [0.2, 0.25) is 0 Å². The van der Waals surface area contributed by atoms with Crippen molar-refractivity contribution in [2.45, 2.75) is 31.8 Å². The molecular weight excluding hydrogens is 396 g/mol. The van der Waals surface area contributed by atoms with E-state index in [0.717, 1.165) is 50.0 Å². The van der Waals surface area contributed by atoms with Gasteiger partial charge in [-0.15, -0.1) is 5.10 Å². The van der Waals surface area contributed by atoms with E-state index in [4.69, 9.17) is 19.6 Å². The fraction of sp³-hybridized carbons (Fsp3) is 0.409. The maximum absolute atomic E-state index is 12.6. The number of hydrogen-bond donors (Lipinski definition) is 0. The van der Waals surface area contributed by atoms with Crippen LogP contribution in [0.25, 0.3) is 16.9 Å². The Balaban J connectivity index is 1.56. The molecule has 0 radical (unpaired) electrons. The van der Waals surface area contributed by atoms with Gasteiger partial charge in [0.05, 0.1) is 18.4 Å². The quantitative estimate of drug-likeness (QED) is 0.625. The van der Waals surface area contributed by atoms with Crippen molar-refractivity contribution in [1.29, 1.82) is 5.26 Å². The minimum atomic E-state index is -0.492. The summed E-state index contributed by atoms with van der Waals surface area (Å²) in [5, 5.41) is 13.9. The van der Waals surface area contributed by atoms with Crippen LogP contribution in [0.5, 0.6) is 5.75 Å². The number of likely N-dealkylation sites (tertiary alicyclic amines) is 1. The smallest absolute Gasteiger partial charge is 0.410 e. The molecule has 2 fully saturated rings. The number of amides is 1. The lowest BCUT2D eigenvalue weighted by Gasteiger charge is -2.20. The highest BCUT2D eigenvalue weighted by molar-refractivity contribution is 5.69. The highest BCUT2D eigenvalue weighted by Gasteiger charge is 2.39. The number of nitriles is 1. The van der Waals surface area contributed by atoms with E-state index in [1.807, 2.05) is 12.1 Å². The molecule has 1 unspecified atom stereocenters. The molecule has 2 aliphatic rings. The van der Waals surface area contributed by atoms with Crippen molar-refractivity contribution in [3.63, 3.8) is 0 Å². The van der Waals surface area contributed by atoms with Gasteiger partial charge in [-0.05, 0) is 43.9 Å². The van der Waals surface area contributed by atoms with Gasteiger partial charge in [-0.2, -0.15) is 5.26 Å². The third kappa shape index (κ3) is 3.65. The van der Waals surface area contributed by atoms with Crippen molar-refractivity contribution >= 4 is 11.7 Å². The van der Waals surface area contributed by atoms with Crippen LogP contribution in [0, 0.1) is 17.2 Å². The molecule has 1 aliphatic carbocycles. The van der Waals surface area contributed by atoms with E-state index in [0.29, 0.717) is 22.8 Å². The second-order valence-corrected chi connectivity index (χ2v) is 7.90. The Morgan fingerprint density at radius 3 is 2.77 bits per heavy atom. The van der Waals surface area contributed by atoms with E-state index in [2.05, 4.69) is 11.1 Å². The van der Waals surface area contributed by atoms with E-state index < -0.39 is 6.10 Å². The normalized spacial score (nSPS) is 16.8. The zero-order chi connectivity index (χ0) is 21.4. The lowest BCUT2D eigenvalue weighted by Crippen LogP contribution is -2.30. The first-order chi connectivity index (χ1) is 15.2. The molecule has 1 saturated carbocycles. The maximum Gasteiger partial charge on any atom is 0.410 e. The molecule has 1 amide bonds. The fourth-order valence-electron chi connectivity index (χ4n) is 3.94. The molecule has 0 bridgehead atoms. The van der Waals surface area contributed by atoms with Gasteiger partial charge < -0.3 is 14.4 Å². The first-order valence-electron chi connectivity index (χ1n) is 10.4. The predicted octanol–water partition coefficient (Wildman–Crippen LogP) is 3.36. The zero-order valence-corrected chi connectivity index (χ0v) is 17.2. The van der Waals surface area contributed by atoms with E-state index >= 15 is 0 Å². The molecule has 31 heavy (non-hydrogen) atoms. The zero-order valence-electron chi connectivity index (χ0n) is 17.2. The number of carbonyl (C=O) groups is 1. The third-order valence-corrected chi connectivity index (χ3v) is 5.74. The Hall–Kier alpha value is -3.67. The predicted molar refractivity (Wildman–Crippen MR) is 110 cm³/mol. The van der Waals surface area contributed by atoms with Crippen molar-refractivity contribution < 1.29 is 14.3 Å². The number of rotatable bonds is 5. The van der Waals surface area contributed by atoms with Crippen molar-refractivity contribution in [2.75, 3.05) is 20.2 Å². The Morgan fingerprint density at radius 1 is 1.26 bits per heavy atom. The van der Waals surface area contributed by atoms with Gasteiger partial charge in [-0.3, -0.25) is 4.98 Å². The standard InChI is InChI=1S/C22H22N6O3/c1-30-18-7-6-17(16-10-14(11-23)12-24-13-16)28-21(18)25-20(26-28)19(15-4-5-15)31-22(29)27-8-2-3-9-27/h6-7,10,12-13,15,19H,2-5,8-9H2,1H3. The number of ether oxygens (including phenoxy) is 2. The number of hydrogen-bond acceptors (Lipinski definition) is 7. The maximum atomic E-state index is 12.6. The van der Waals surface area contributed by atoms with E-state index in [9.17, 15) is 10.1 Å². The van der Waals surface area contributed by atoms with Crippen LogP contribution in [0.4, 0.5) is 4.79 Å². The molecule has 9 heteroatoms. The molecule has 5 rings (SSSR count). The van der Waals surface area contributed by atoms with Crippen LogP contribution in [0.2, 0.25) is 0 Å². The first-order valence-corrected chi connectivity index (χ1v) is 10.4. The molecule has 1 atom stereocenters. The van der Waals surface area contributed by atoms with Gasteiger partial charge in [-0.1, -0.05) is 0 Å². The van der Waals surface area contributed by atoms with Gasteiger partial charge >= 0.3 is 6.09 Å². The van der Waals surface area contributed by atoms with Crippen LogP contribution < -0.4 is 4.74 Å². The number of aromatic nitrogens is 4. The van der Waals surface area contributed by atoms with Gasteiger partial charge in [0.25, 0.3) is 0 Å². The largest absolute Gasteiger partial charge is 0.493 e. The summed E-state index contributed by atoms with van der Waals surface area (Å²) in [7, 11) is 1.58. The van der Waals surface area contributed by atoms with Crippen LogP contribution in [0.1, 0.15) is 43.2 Å². The second kappa shape index (κ2) is 7.87. The highest BCUT2D eigenvalue weighted by Crippen LogP contribution is 2.43. The van der Waals surface area contributed by atoms with Crippen molar-refractivity contribution in [2.24, 2.45) is 5.92 Å². The molecule has 3 aromatic rings. The first kappa shape index (κ1) is 19.3. The minimum Gasteiger partial charge on any atom is -0.493 e. The minimum absolute atomic E-state index is 0.224. The van der Waals surface area contributed by atoms with Gasteiger partial charge in [0.1, 0.15) is 6.07 Å². The van der Waals surface area contributed by atoms with Crippen LogP contribution in [-0.2, 0) is 4.74 Å². The van der Waals surface area contributed by atoms with E-state index in [1.165, 1.54) is 6.20 Å². The van der Waals surface area contributed by atoms with Gasteiger partial charge in [-0.25, -0.2) is 14.3 Å². The van der Waals surface area contributed by atoms with Gasteiger partial charge in [0.15, 0.2) is 23.3 Å². The SMILES string of the molecule is COc1ccc(-c2cncc(C#N)c2)n2nc(C(OC(=O)N3CCCC3)C3CC3)nc12. The highest BCUT2D eigenvalue weighted by atomic mass is 16.6. The summed E-state index contributed by atoms with van der Waals surface area (Å²) in [6.45, 7) is 1.46. The van der Waals surface area contributed by atoms with E-state index in [1.54, 1.807) is 28.8 Å². The summed E-state index contributed by atoms with van der Waals surface area (Å²) in [5.41, 5.74) is 2.44. The van der Waals surface area contributed by atoms with Crippen LogP contribution in [0.15, 0.2) is 30.6 Å². The Bertz CT molecular complexity index is 1170. The topological polar surface area (TPSA) is 106 Å². The Morgan fingerprint density at radius 2 is 2.06 bits per heavy atom. The molecule has 0 aromatic carbocycles. The second-order valence-electron chi connectivity index (χ2n) is 7.90. The Kier molecular flexibility index (Phi) is 4.90. The number of carbonyl (C=O) groups excluding carboxylic acids is 1. The molecule has 158 valence electrons. The number of nitrogens with zero attached hydrogens (tertiary/aromatic N) is 6. The van der Waals surface area contributed by atoms with Crippen LogP contribution in [-0.4, -0.2) is 50.8 Å².